The van der Waals surface area contributed by atoms with Gasteiger partial charge in [0.2, 0.25) is 0 Å². The number of nitrogens with zero attached hydrogens (tertiary/aromatic N) is 2. The fourth-order valence-electron chi connectivity index (χ4n) is 0.845. The van der Waals surface area contributed by atoms with Gasteiger partial charge in [-0.2, -0.15) is 5.10 Å². The topological polar surface area (TPSA) is 41.0 Å². The molecule has 1 rings (SSSR count). The second-order valence-electron chi connectivity index (χ2n) is 3.29. The molecule has 14 heavy (non-hydrogen) atoms. The van der Waals surface area contributed by atoms with Gasteiger partial charge in [-0.15, -0.1) is 0 Å². The molecule has 1 aromatic rings. The summed E-state index contributed by atoms with van der Waals surface area (Å²) >= 11 is 0. The normalized spacial score (nSPS) is 13.1. The predicted octanol–water partition coefficient (Wildman–Crippen LogP) is 2.81. The summed E-state index contributed by atoms with van der Waals surface area (Å²) in [4.78, 5) is 4.29. The van der Waals surface area contributed by atoms with Gasteiger partial charge in [-0.1, -0.05) is 6.58 Å². The van der Waals surface area contributed by atoms with Crippen LogP contribution in [0.15, 0.2) is 35.7 Å². The van der Waals surface area contributed by atoms with Crippen molar-refractivity contribution in [3.8, 4) is 0 Å². The summed E-state index contributed by atoms with van der Waals surface area (Å²) in [6.45, 7) is 9.71. The van der Waals surface area contributed by atoms with Gasteiger partial charge in [0.1, 0.15) is 0 Å². The molecule has 3 nitrogen and oxygen atoms in total. The van der Waals surface area contributed by atoms with Crippen molar-refractivity contribution >= 4 is 11.3 Å². The molecule has 0 saturated carbocycles. The molecule has 0 aromatic carbocycles. The van der Waals surface area contributed by atoms with Crippen LogP contribution >= 0.6 is 0 Å². The highest BCUT2D eigenvalue weighted by Crippen LogP contribution is 2.10. The molecule has 0 aliphatic heterocycles. The van der Waals surface area contributed by atoms with Crippen LogP contribution in [-0.4, -0.2) is 15.9 Å². The van der Waals surface area contributed by atoms with Crippen molar-refractivity contribution < 1.29 is 0 Å². The van der Waals surface area contributed by atoms with Crippen LogP contribution in [0.5, 0.6) is 0 Å². The Morgan fingerprint density at radius 1 is 1.50 bits per heavy atom. The van der Waals surface area contributed by atoms with Gasteiger partial charge in [-0.25, -0.2) is 0 Å². The molecule has 0 radical (unpaired) electrons. The second kappa shape index (κ2) is 4.56. The molecule has 0 spiro atoms. The number of allylic oxidation sites excluding steroid dienone is 2. The molecule has 74 valence electrons. The van der Waals surface area contributed by atoms with Crippen LogP contribution in [0.3, 0.4) is 0 Å². The van der Waals surface area contributed by atoms with E-state index < -0.39 is 0 Å². The van der Waals surface area contributed by atoms with E-state index >= 15 is 0 Å². The van der Waals surface area contributed by atoms with E-state index in [0.717, 1.165) is 22.4 Å². The number of aromatic nitrogens is 2. The van der Waals surface area contributed by atoms with Crippen molar-refractivity contribution in [2.75, 3.05) is 0 Å². The lowest BCUT2D eigenvalue weighted by atomic mass is 10.2. The molecule has 0 aliphatic rings. The molecule has 0 amide bonds. The first kappa shape index (κ1) is 10.4. The van der Waals surface area contributed by atoms with E-state index in [4.69, 9.17) is 0 Å². The van der Waals surface area contributed by atoms with Crippen LogP contribution in [0.25, 0.3) is 5.57 Å². The lowest BCUT2D eigenvalue weighted by Crippen LogP contribution is -1.89. The van der Waals surface area contributed by atoms with Gasteiger partial charge in [-0.05, 0) is 31.9 Å². The maximum Gasteiger partial charge on any atom is 0.0562 e. The molecule has 0 saturated heterocycles. The number of aliphatic imine (C=N–C) groups is 1. The van der Waals surface area contributed by atoms with E-state index in [9.17, 15) is 0 Å². The highest BCUT2D eigenvalue weighted by molar-refractivity contribution is 5.97. The first-order valence-corrected chi connectivity index (χ1v) is 4.47. The van der Waals surface area contributed by atoms with Crippen LogP contribution < -0.4 is 0 Å². The molecular formula is C11H15N3. The zero-order valence-corrected chi connectivity index (χ0v) is 8.83. The summed E-state index contributed by atoms with van der Waals surface area (Å²) in [6, 6.07) is 0. The summed E-state index contributed by atoms with van der Waals surface area (Å²) in [5.41, 5.74) is 4.08. The minimum absolute atomic E-state index is 0.952. The van der Waals surface area contributed by atoms with Gasteiger partial charge in [0.15, 0.2) is 0 Å². The smallest absolute Gasteiger partial charge is 0.0562 e. The molecule has 3 heteroatoms. The Kier molecular flexibility index (Phi) is 3.40. The highest BCUT2D eigenvalue weighted by atomic mass is 15.1. The largest absolute Gasteiger partial charge is 0.285 e. The predicted molar refractivity (Wildman–Crippen MR) is 60.2 cm³/mol. The molecular weight excluding hydrogens is 174 g/mol. The lowest BCUT2D eigenvalue weighted by molar-refractivity contribution is 1.09. The number of hydrogen-bond donors (Lipinski definition) is 1. The van der Waals surface area contributed by atoms with E-state index in [0.29, 0.717) is 0 Å². The summed E-state index contributed by atoms with van der Waals surface area (Å²) < 4.78 is 0. The number of H-pyrrole nitrogens is 1. The van der Waals surface area contributed by atoms with Crippen LogP contribution in [-0.2, 0) is 0 Å². The third-order valence-corrected chi connectivity index (χ3v) is 2.02. The van der Waals surface area contributed by atoms with Gasteiger partial charge in [-0.3, -0.25) is 10.1 Å². The van der Waals surface area contributed by atoms with Gasteiger partial charge in [0.25, 0.3) is 0 Å². The van der Waals surface area contributed by atoms with E-state index in [1.54, 1.807) is 6.20 Å². The first-order chi connectivity index (χ1) is 6.61. The summed E-state index contributed by atoms with van der Waals surface area (Å²) in [5, 5.41) is 6.64. The lowest BCUT2D eigenvalue weighted by Gasteiger charge is -1.96. The van der Waals surface area contributed by atoms with E-state index in [1.807, 2.05) is 33.2 Å². The number of hydrogen-bond acceptors (Lipinski definition) is 2. The molecule has 1 heterocycles. The Labute approximate surface area is 84.3 Å². The summed E-state index contributed by atoms with van der Waals surface area (Å²) in [6.07, 6.45) is 5.45. The number of aromatic amines is 1. The Morgan fingerprint density at radius 3 is 2.71 bits per heavy atom. The van der Waals surface area contributed by atoms with Crippen molar-refractivity contribution in [1.29, 1.82) is 0 Å². The van der Waals surface area contributed by atoms with Crippen molar-refractivity contribution in [3.63, 3.8) is 0 Å². The average Bonchev–Trinajstić information content (AvgIpc) is 2.66. The fourth-order valence-corrected chi connectivity index (χ4v) is 0.845. The Hall–Kier alpha value is -1.64. The Morgan fingerprint density at radius 2 is 2.21 bits per heavy atom. The van der Waals surface area contributed by atoms with Crippen molar-refractivity contribution in [2.45, 2.75) is 20.8 Å². The quantitative estimate of drug-likeness (QED) is 0.730. The zero-order chi connectivity index (χ0) is 10.6. The minimum atomic E-state index is 0.952. The molecule has 0 atom stereocenters. The third-order valence-electron chi connectivity index (χ3n) is 2.02. The van der Waals surface area contributed by atoms with Crippen molar-refractivity contribution in [3.05, 3.63) is 36.3 Å². The van der Waals surface area contributed by atoms with Crippen LogP contribution in [0.1, 0.15) is 26.3 Å². The molecule has 1 N–H and O–H groups in total. The summed E-state index contributed by atoms with van der Waals surface area (Å²) in [5.74, 6) is 0. The van der Waals surface area contributed by atoms with E-state index in [1.165, 1.54) is 0 Å². The van der Waals surface area contributed by atoms with Gasteiger partial charge >= 0.3 is 0 Å². The average molecular weight is 189 g/mol. The maximum atomic E-state index is 4.29. The number of nitrogens with one attached hydrogen (secondary N) is 1. The Balaban J connectivity index is 2.80. The summed E-state index contributed by atoms with van der Waals surface area (Å²) in [7, 11) is 0. The van der Waals surface area contributed by atoms with Crippen molar-refractivity contribution in [1.82, 2.24) is 10.2 Å². The van der Waals surface area contributed by atoms with Gasteiger partial charge in [0.05, 0.1) is 6.20 Å². The molecule has 0 bridgehead atoms. The fraction of sp³-hybridized carbons (Fsp3) is 0.273. The third kappa shape index (κ3) is 2.69. The van der Waals surface area contributed by atoms with Gasteiger partial charge < -0.3 is 0 Å². The van der Waals surface area contributed by atoms with Crippen molar-refractivity contribution in [2.24, 2.45) is 4.99 Å². The highest BCUT2D eigenvalue weighted by Gasteiger charge is 1.95. The van der Waals surface area contributed by atoms with Crippen LogP contribution in [0.4, 0.5) is 0 Å². The maximum absolute atomic E-state index is 4.29. The first-order valence-electron chi connectivity index (χ1n) is 4.47. The van der Waals surface area contributed by atoms with E-state index in [2.05, 4.69) is 21.8 Å². The monoisotopic (exact) mass is 189 g/mol. The molecule has 0 aliphatic carbocycles. The molecule has 0 unspecified atom stereocenters. The Bertz CT molecular complexity index is 369. The van der Waals surface area contributed by atoms with E-state index in [-0.39, 0.29) is 0 Å². The zero-order valence-electron chi connectivity index (χ0n) is 8.83. The minimum Gasteiger partial charge on any atom is -0.285 e. The van der Waals surface area contributed by atoms with Crippen LogP contribution in [0, 0.1) is 0 Å². The number of rotatable bonds is 3. The SMILES string of the molecule is C=C(C)C(C)=N/C=C(\C)c1cn[nH]c1. The standard InChI is InChI=1S/C11H15N3/c1-8(2)10(4)12-5-9(3)11-6-13-14-7-11/h5-7H,1H2,2-4H3,(H,13,14)/b9-5+,12-10?. The van der Waals surface area contributed by atoms with Crippen LogP contribution in [0.2, 0.25) is 0 Å². The van der Waals surface area contributed by atoms with Gasteiger partial charge in [0, 0.05) is 23.7 Å². The molecule has 1 aromatic heterocycles. The molecule has 0 fully saturated rings. The second-order valence-corrected chi connectivity index (χ2v) is 3.29.